The maximum Gasteiger partial charge on any atom is 0.281 e. The lowest BCUT2D eigenvalue weighted by molar-refractivity contribution is 0.455. The van der Waals surface area contributed by atoms with E-state index in [1.54, 1.807) is 29.8 Å². The van der Waals surface area contributed by atoms with E-state index < -0.39 is 6.04 Å². The molecule has 1 fully saturated rings. The van der Waals surface area contributed by atoms with Gasteiger partial charge in [0.05, 0.1) is 27.7 Å². The summed E-state index contributed by atoms with van der Waals surface area (Å²) in [6, 6.07) is 6.95. The van der Waals surface area contributed by atoms with Crippen LogP contribution in [0.25, 0.3) is 10.9 Å². The van der Waals surface area contributed by atoms with Crippen LogP contribution in [0, 0.1) is 18.3 Å². The summed E-state index contributed by atoms with van der Waals surface area (Å²) in [5, 5.41) is 18.9. The van der Waals surface area contributed by atoms with Gasteiger partial charge in [-0.25, -0.2) is 14.6 Å². The maximum atomic E-state index is 13.6. The lowest BCUT2D eigenvalue weighted by Gasteiger charge is -2.34. The second-order valence-electron chi connectivity index (χ2n) is 7.53. The minimum Gasteiger partial charge on any atom is -0.368 e. The fraction of sp³-hybridized carbons (Fsp3) is 0.381. The van der Waals surface area contributed by atoms with E-state index in [2.05, 4.69) is 26.7 Å². The number of nitrogen functional groups attached to an aromatic ring is 1. The highest BCUT2D eigenvalue weighted by Gasteiger charge is 2.26. The largest absolute Gasteiger partial charge is 0.368 e. The molecule has 1 aliphatic heterocycles. The van der Waals surface area contributed by atoms with Gasteiger partial charge in [-0.05, 0) is 25.5 Å². The molecule has 0 bridgehead atoms. The monoisotopic (exact) mass is 453 g/mol. The van der Waals surface area contributed by atoms with Gasteiger partial charge in [0, 0.05) is 26.2 Å². The Balaban J connectivity index is 1.90. The molecule has 2 aromatic heterocycles. The van der Waals surface area contributed by atoms with Crippen molar-refractivity contribution in [2.24, 2.45) is 0 Å². The zero-order valence-electron chi connectivity index (χ0n) is 17.9. The standard InChI is InChI=1S/C21H24ClN9O/c1-3-15(27-18-13(11-23)12(2)26-21(24)29-18)19-28-16-6-4-5-14(22)17(16)20(32)31(19)30-9-7-25-8-10-30/h4-6,15,25H,3,7-10H2,1-2H3,(H3,24,26,27,29). The Bertz CT molecular complexity index is 1260. The number of fused-ring (bicyclic) bond motifs is 1. The molecule has 1 unspecified atom stereocenters. The van der Waals surface area contributed by atoms with E-state index >= 15 is 0 Å². The summed E-state index contributed by atoms with van der Waals surface area (Å²) in [5.74, 6) is 0.904. The summed E-state index contributed by atoms with van der Waals surface area (Å²) in [6.07, 6.45) is 0.582. The normalized spacial score (nSPS) is 14.9. The summed E-state index contributed by atoms with van der Waals surface area (Å²) >= 11 is 6.38. The molecule has 1 atom stereocenters. The lowest BCUT2D eigenvalue weighted by Crippen LogP contribution is -2.54. The van der Waals surface area contributed by atoms with Crippen LogP contribution in [0.4, 0.5) is 11.8 Å². The smallest absolute Gasteiger partial charge is 0.281 e. The van der Waals surface area contributed by atoms with Crippen molar-refractivity contribution in [2.45, 2.75) is 26.3 Å². The Hall–Kier alpha value is -3.42. The van der Waals surface area contributed by atoms with E-state index in [0.29, 0.717) is 58.3 Å². The minimum atomic E-state index is -0.415. The molecule has 0 aliphatic carbocycles. The van der Waals surface area contributed by atoms with Crippen LogP contribution in [0.2, 0.25) is 5.02 Å². The summed E-state index contributed by atoms with van der Waals surface area (Å²) in [4.78, 5) is 26.8. The number of halogens is 1. The molecule has 3 heterocycles. The molecule has 10 nitrogen and oxygen atoms in total. The second-order valence-corrected chi connectivity index (χ2v) is 7.94. The first-order chi connectivity index (χ1) is 15.4. The Labute approximate surface area is 190 Å². The van der Waals surface area contributed by atoms with Gasteiger partial charge in [0.2, 0.25) is 5.95 Å². The van der Waals surface area contributed by atoms with Crippen LogP contribution in [0.15, 0.2) is 23.0 Å². The van der Waals surface area contributed by atoms with Crippen molar-refractivity contribution in [3.05, 3.63) is 50.7 Å². The van der Waals surface area contributed by atoms with E-state index in [-0.39, 0.29) is 11.5 Å². The Morgan fingerprint density at radius 1 is 1.31 bits per heavy atom. The maximum absolute atomic E-state index is 13.6. The number of aromatic nitrogens is 4. The van der Waals surface area contributed by atoms with Crippen LogP contribution in [0.3, 0.4) is 0 Å². The third-order valence-corrected chi connectivity index (χ3v) is 5.79. The van der Waals surface area contributed by atoms with Gasteiger partial charge in [-0.1, -0.05) is 24.6 Å². The van der Waals surface area contributed by atoms with Crippen molar-refractivity contribution in [1.82, 2.24) is 24.9 Å². The van der Waals surface area contributed by atoms with Crippen molar-refractivity contribution < 1.29 is 0 Å². The highest BCUT2D eigenvalue weighted by atomic mass is 35.5. The highest BCUT2D eigenvalue weighted by Crippen LogP contribution is 2.26. The number of hydrogen-bond donors (Lipinski definition) is 3. The third kappa shape index (κ3) is 3.92. The van der Waals surface area contributed by atoms with Crippen LogP contribution in [-0.4, -0.2) is 45.8 Å². The molecular weight excluding hydrogens is 430 g/mol. The number of benzene rings is 1. The van der Waals surface area contributed by atoms with Crippen LogP contribution in [0.1, 0.15) is 36.5 Å². The van der Waals surface area contributed by atoms with E-state index in [1.165, 1.54) is 0 Å². The van der Waals surface area contributed by atoms with Gasteiger partial charge in [-0.2, -0.15) is 10.2 Å². The molecule has 0 saturated carbocycles. The predicted octanol–water partition coefficient (Wildman–Crippen LogP) is 1.71. The third-order valence-electron chi connectivity index (χ3n) is 5.48. The van der Waals surface area contributed by atoms with Gasteiger partial charge in [0.25, 0.3) is 5.56 Å². The van der Waals surface area contributed by atoms with Gasteiger partial charge in [0.1, 0.15) is 17.5 Å². The second kappa shape index (κ2) is 8.98. The van der Waals surface area contributed by atoms with E-state index in [0.717, 1.165) is 13.1 Å². The number of nitrogens with two attached hydrogens (primary N) is 1. The van der Waals surface area contributed by atoms with Crippen molar-refractivity contribution in [3.63, 3.8) is 0 Å². The van der Waals surface area contributed by atoms with Gasteiger partial charge in [-0.15, -0.1) is 0 Å². The number of hydrogen-bond acceptors (Lipinski definition) is 9. The number of nitrogens with one attached hydrogen (secondary N) is 2. The van der Waals surface area contributed by atoms with Crippen LogP contribution >= 0.6 is 11.6 Å². The average Bonchev–Trinajstić information content (AvgIpc) is 2.77. The van der Waals surface area contributed by atoms with E-state index in [9.17, 15) is 10.1 Å². The molecule has 0 amide bonds. The SMILES string of the molecule is CCC(Nc1nc(N)nc(C)c1C#N)c1nc2cccc(Cl)c2c(=O)n1N1CCNCC1. The first-order valence-corrected chi connectivity index (χ1v) is 10.8. The Morgan fingerprint density at radius 3 is 2.75 bits per heavy atom. The molecule has 4 rings (SSSR count). The number of rotatable bonds is 5. The molecular formula is C21H24ClN9O. The Kier molecular flexibility index (Phi) is 6.12. The lowest BCUT2D eigenvalue weighted by atomic mass is 10.1. The summed E-state index contributed by atoms with van der Waals surface area (Å²) in [7, 11) is 0. The molecule has 1 aromatic carbocycles. The molecule has 0 radical (unpaired) electrons. The molecule has 3 aromatic rings. The van der Waals surface area contributed by atoms with Crippen molar-refractivity contribution in [2.75, 3.05) is 42.2 Å². The van der Waals surface area contributed by atoms with Crippen molar-refractivity contribution in [3.8, 4) is 6.07 Å². The van der Waals surface area contributed by atoms with Gasteiger partial charge < -0.3 is 21.4 Å². The summed E-state index contributed by atoms with van der Waals surface area (Å²) in [5.41, 5.74) is 6.90. The zero-order valence-corrected chi connectivity index (χ0v) is 18.6. The van der Waals surface area contributed by atoms with Crippen molar-refractivity contribution >= 4 is 34.3 Å². The first-order valence-electron chi connectivity index (χ1n) is 10.4. The van der Waals surface area contributed by atoms with Gasteiger partial charge in [-0.3, -0.25) is 4.79 Å². The quantitative estimate of drug-likeness (QED) is 0.526. The molecule has 166 valence electrons. The van der Waals surface area contributed by atoms with Crippen LogP contribution in [0.5, 0.6) is 0 Å². The van der Waals surface area contributed by atoms with Crippen LogP contribution in [-0.2, 0) is 0 Å². The van der Waals surface area contributed by atoms with Crippen LogP contribution < -0.4 is 26.9 Å². The number of piperazine rings is 1. The topological polar surface area (TPSA) is 138 Å². The number of aryl methyl sites for hydroxylation is 1. The highest BCUT2D eigenvalue weighted by molar-refractivity contribution is 6.35. The first kappa shape index (κ1) is 21.8. The molecule has 0 spiro atoms. The predicted molar refractivity (Wildman–Crippen MR) is 124 cm³/mol. The molecule has 11 heteroatoms. The van der Waals surface area contributed by atoms with E-state index in [1.807, 2.05) is 11.9 Å². The van der Waals surface area contributed by atoms with Gasteiger partial charge in [0.15, 0.2) is 5.82 Å². The molecule has 1 aliphatic rings. The number of nitriles is 1. The molecule has 32 heavy (non-hydrogen) atoms. The number of nitrogens with zero attached hydrogens (tertiary/aromatic N) is 6. The fourth-order valence-electron chi connectivity index (χ4n) is 3.90. The van der Waals surface area contributed by atoms with Gasteiger partial charge >= 0.3 is 0 Å². The summed E-state index contributed by atoms with van der Waals surface area (Å²) in [6.45, 7) is 6.45. The Morgan fingerprint density at radius 2 is 2.06 bits per heavy atom. The molecule has 1 saturated heterocycles. The molecule has 4 N–H and O–H groups in total. The fourth-order valence-corrected chi connectivity index (χ4v) is 4.15. The van der Waals surface area contributed by atoms with Crippen molar-refractivity contribution in [1.29, 1.82) is 5.26 Å². The number of anilines is 2. The zero-order chi connectivity index (χ0) is 22.8. The van der Waals surface area contributed by atoms with E-state index in [4.69, 9.17) is 22.3 Å². The minimum absolute atomic E-state index is 0.0663. The summed E-state index contributed by atoms with van der Waals surface area (Å²) < 4.78 is 1.61. The average molecular weight is 454 g/mol.